The lowest BCUT2D eigenvalue weighted by atomic mass is 9.76. The maximum Gasteiger partial charge on any atom is 0.0309 e. The molecule has 1 aliphatic heterocycles. The average Bonchev–Trinajstić information content (AvgIpc) is 2.43. The first-order valence-electron chi connectivity index (χ1n) is 8.68. The SMILES string of the molecule is CC1CCC(N2CCNC3(CCCCC3)C2)CC1C. The quantitative estimate of drug-likeness (QED) is 0.780. The van der Waals surface area contributed by atoms with Gasteiger partial charge in [-0.2, -0.15) is 0 Å². The molecule has 2 heteroatoms. The third-order valence-corrected chi connectivity index (χ3v) is 6.30. The lowest BCUT2D eigenvalue weighted by Crippen LogP contribution is -2.63. The highest BCUT2D eigenvalue weighted by atomic mass is 15.2. The van der Waals surface area contributed by atoms with E-state index in [0.29, 0.717) is 5.54 Å². The van der Waals surface area contributed by atoms with Gasteiger partial charge >= 0.3 is 0 Å². The molecule has 110 valence electrons. The summed E-state index contributed by atoms with van der Waals surface area (Å²) in [6, 6.07) is 0.882. The molecule has 1 saturated heterocycles. The summed E-state index contributed by atoms with van der Waals surface area (Å²) in [7, 11) is 0. The van der Waals surface area contributed by atoms with E-state index >= 15 is 0 Å². The van der Waals surface area contributed by atoms with Crippen LogP contribution in [0.15, 0.2) is 0 Å². The Labute approximate surface area is 119 Å². The minimum absolute atomic E-state index is 0.489. The molecule has 0 aromatic carbocycles. The topological polar surface area (TPSA) is 15.3 Å². The molecule has 2 nitrogen and oxygen atoms in total. The molecule has 3 fully saturated rings. The molecular formula is C17H32N2. The van der Waals surface area contributed by atoms with Crippen LogP contribution in [0.5, 0.6) is 0 Å². The van der Waals surface area contributed by atoms with Gasteiger partial charge in [-0.25, -0.2) is 0 Å². The Balaban J connectivity index is 1.61. The number of nitrogens with zero attached hydrogens (tertiary/aromatic N) is 1. The second-order valence-electron chi connectivity index (χ2n) is 7.66. The molecule has 0 bridgehead atoms. The molecule has 19 heavy (non-hydrogen) atoms. The van der Waals surface area contributed by atoms with Gasteiger partial charge in [0.2, 0.25) is 0 Å². The van der Waals surface area contributed by atoms with E-state index in [1.807, 2.05) is 0 Å². The molecule has 0 radical (unpaired) electrons. The molecule has 1 N–H and O–H groups in total. The monoisotopic (exact) mass is 264 g/mol. The molecule has 3 unspecified atom stereocenters. The number of rotatable bonds is 1. The lowest BCUT2D eigenvalue weighted by molar-refractivity contribution is 0.0369. The van der Waals surface area contributed by atoms with E-state index in [0.717, 1.165) is 17.9 Å². The van der Waals surface area contributed by atoms with Crippen molar-refractivity contribution in [1.29, 1.82) is 0 Å². The van der Waals surface area contributed by atoms with Crippen LogP contribution in [0.1, 0.15) is 65.2 Å². The van der Waals surface area contributed by atoms with Crippen molar-refractivity contribution in [2.75, 3.05) is 19.6 Å². The minimum Gasteiger partial charge on any atom is -0.309 e. The molecule has 3 rings (SSSR count). The van der Waals surface area contributed by atoms with Crippen molar-refractivity contribution < 1.29 is 0 Å². The molecular weight excluding hydrogens is 232 g/mol. The Kier molecular flexibility index (Phi) is 4.19. The van der Waals surface area contributed by atoms with Gasteiger partial charge in [0.05, 0.1) is 0 Å². The predicted octanol–water partition coefficient (Wildman–Crippen LogP) is 3.42. The highest BCUT2D eigenvalue weighted by Crippen LogP contribution is 2.36. The van der Waals surface area contributed by atoms with E-state index in [1.54, 1.807) is 0 Å². The van der Waals surface area contributed by atoms with Crippen LogP contribution < -0.4 is 5.32 Å². The van der Waals surface area contributed by atoms with Crippen molar-refractivity contribution in [3.63, 3.8) is 0 Å². The molecule has 0 aromatic heterocycles. The van der Waals surface area contributed by atoms with Crippen LogP contribution in [0.4, 0.5) is 0 Å². The molecule has 1 heterocycles. The fourth-order valence-electron chi connectivity index (χ4n) is 4.71. The van der Waals surface area contributed by atoms with Gasteiger partial charge in [-0.1, -0.05) is 33.1 Å². The van der Waals surface area contributed by atoms with E-state index in [-0.39, 0.29) is 0 Å². The molecule has 0 aromatic rings. The zero-order chi connectivity index (χ0) is 13.3. The van der Waals surface area contributed by atoms with Gasteiger partial charge in [-0.05, 0) is 43.9 Å². The van der Waals surface area contributed by atoms with E-state index in [2.05, 4.69) is 24.1 Å². The Morgan fingerprint density at radius 2 is 1.79 bits per heavy atom. The molecule has 3 aliphatic rings. The van der Waals surface area contributed by atoms with Gasteiger partial charge in [0.25, 0.3) is 0 Å². The highest BCUT2D eigenvalue weighted by molar-refractivity contribution is 4.98. The van der Waals surface area contributed by atoms with Crippen LogP contribution in [-0.4, -0.2) is 36.1 Å². The summed E-state index contributed by atoms with van der Waals surface area (Å²) < 4.78 is 0. The highest BCUT2D eigenvalue weighted by Gasteiger charge is 2.39. The molecule has 2 aliphatic carbocycles. The number of nitrogens with one attached hydrogen (secondary N) is 1. The first kappa shape index (κ1) is 13.9. The molecule has 0 amide bonds. The standard InChI is InChI=1S/C17H32N2/c1-14-6-7-16(12-15(14)2)19-11-10-18-17(13-19)8-4-3-5-9-17/h14-16,18H,3-13H2,1-2H3. The van der Waals surface area contributed by atoms with Gasteiger partial charge in [0.15, 0.2) is 0 Å². The van der Waals surface area contributed by atoms with E-state index < -0.39 is 0 Å². The summed E-state index contributed by atoms with van der Waals surface area (Å²) in [5.41, 5.74) is 0.489. The van der Waals surface area contributed by atoms with Gasteiger partial charge < -0.3 is 5.32 Å². The summed E-state index contributed by atoms with van der Waals surface area (Å²) >= 11 is 0. The maximum absolute atomic E-state index is 3.88. The zero-order valence-corrected chi connectivity index (χ0v) is 13.0. The van der Waals surface area contributed by atoms with Crippen LogP contribution in [0.25, 0.3) is 0 Å². The Morgan fingerprint density at radius 3 is 2.53 bits per heavy atom. The Morgan fingerprint density at radius 1 is 1.00 bits per heavy atom. The van der Waals surface area contributed by atoms with Crippen molar-refractivity contribution in [1.82, 2.24) is 10.2 Å². The zero-order valence-electron chi connectivity index (χ0n) is 13.0. The third-order valence-electron chi connectivity index (χ3n) is 6.30. The second kappa shape index (κ2) is 5.73. The Hall–Kier alpha value is -0.0800. The van der Waals surface area contributed by atoms with Gasteiger partial charge in [0.1, 0.15) is 0 Å². The maximum atomic E-state index is 3.88. The fourth-order valence-corrected chi connectivity index (χ4v) is 4.71. The van der Waals surface area contributed by atoms with Crippen molar-refractivity contribution in [3.05, 3.63) is 0 Å². The van der Waals surface area contributed by atoms with Crippen LogP contribution in [-0.2, 0) is 0 Å². The second-order valence-corrected chi connectivity index (χ2v) is 7.66. The summed E-state index contributed by atoms with van der Waals surface area (Å²) in [6.07, 6.45) is 11.5. The minimum atomic E-state index is 0.489. The average molecular weight is 264 g/mol. The normalized spacial score (nSPS) is 40.4. The van der Waals surface area contributed by atoms with Gasteiger partial charge in [-0.3, -0.25) is 4.90 Å². The predicted molar refractivity (Wildman–Crippen MR) is 81.4 cm³/mol. The third kappa shape index (κ3) is 3.00. The van der Waals surface area contributed by atoms with E-state index in [9.17, 15) is 0 Å². The van der Waals surface area contributed by atoms with Crippen molar-refractivity contribution >= 4 is 0 Å². The largest absolute Gasteiger partial charge is 0.309 e. The van der Waals surface area contributed by atoms with Crippen LogP contribution in [0.3, 0.4) is 0 Å². The number of piperazine rings is 1. The first-order valence-corrected chi connectivity index (χ1v) is 8.68. The van der Waals surface area contributed by atoms with Crippen molar-refractivity contribution in [3.8, 4) is 0 Å². The summed E-state index contributed by atoms with van der Waals surface area (Å²) in [5.74, 6) is 1.87. The molecule has 1 spiro atoms. The van der Waals surface area contributed by atoms with Crippen LogP contribution in [0, 0.1) is 11.8 Å². The first-order chi connectivity index (χ1) is 9.19. The number of hydrogen-bond donors (Lipinski definition) is 1. The summed E-state index contributed by atoms with van der Waals surface area (Å²) in [6.45, 7) is 8.75. The van der Waals surface area contributed by atoms with E-state index in [1.165, 1.54) is 71.0 Å². The van der Waals surface area contributed by atoms with Crippen LogP contribution >= 0.6 is 0 Å². The van der Waals surface area contributed by atoms with Crippen LogP contribution in [0.2, 0.25) is 0 Å². The van der Waals surface area contributed by atoms with Crippen molar-refractivity contribution in [2.24, 2.45) is 11.8 Å². The molecule has 2 saturated carbocycles. The van der Waals surface area contributed by atoms with Gasteiger partial charge in [0, 0.05) is 31.2 Å². The number of hydrogen-bond acceptors (Lipinski definition) is 2. The smallest absolute Gasteiger partial charge is 0.0309 e. The van der Waals surface area contributed by atoms with E-state index in [4.69, 9.17) is 0 Å². The fraction of sp³-hybridized carbons (Fsp3) is 1.00. The van der Waals surface area contributed by atoms with Crippen molar-refractivity contribution in [2.45, 2.75) is 76.8 Å². The Bertz CT molecular complexity index is 290. The molecule has 3 atom stereocenters. The summed E-state index contributed by atoms with van der Waals surface area (Å²) in [5, 5.41) is 3.88. The summed E-state index contributed by atoms with van der Waals surface area (Å²) in [4.78, 5) is 2.85. The lowest BCUT2D eigenvalue weighted by Gasteiger charge is -2.50. The van der Waals surface area contributed by atoms with Gasteiger partial charge in [-0.15, -0.1) is 0 Å².